The Bertz CT molecular complexity index is 603. The van der Waals surface area contributed by atoms with Crippen LogP contribution in [0, 0.1) is 0 Å². The second kappa shape index (κ2) is 5.22. The van der Waals surface area contributed by atoms with Crippen molar-refractivity contribution >= 4 is 0 Å². The summed E-state index contributed by atoms with van der Waals surface area (Å²) in [6.07, 6.45) is 1.59. The largest absolute Gasteiger partial charge is 0.508 e. The average molecular weight is 258 g/mol. The van der Waals surface area contributed by atoms with Gasteiger partial charge in [-0.05, 0) is 42.2 Å². The molecule has 0 aromatic heterocycles. The first-order valence-corrected chi connectivity index (χ1v) is 6.43. The number of benzene rings is 2. The molecule has 3 N–H and O–H groups in total. The highest BCUT2D eigenvalue weighted by Crippen LogP contribution is 2.39. The molecule has 0 fully saturated rings. The molecule has 0 aliphatic heterocycles. The summed E-state index contributed by atoms with van der Waals surface area (Å²) in [5.41, 5.74) is 3.10. The van der Waals surface area contributed by atoms with E-state index in [0.29, 0.717) is 11.1 Å². The highest BCUT2D eigenvalue weighted by atomic mass is 16.3. The van der Waals surface area contributed by atoms with Crippen molar-refractivity contribution < 1.29 is 15.3 Å². The summed E-state index contributed by atoms with van der Waals surface area (Å²) in [6, 6.07) is 8.24. The van der Waals surface area contributed by atoms with Crippen molar-refractivity contribution in [3.8, 4) is 28.4 Å². The predicted molar refractivity (Wildman–Crippen MR) is 75.6 cm³/mol. The topological polar surface area (TPSA) is 60.7 Å². The van der Waals surface area contributed by atoms with E-state index in [1.807, 2.05) is 26.0 Å². The molecule has 0 amide bonds. The van der Waals surface area contributed by atoms with Gasteiger partial charge in [0.15, 0.2) is 0 Å². The smallest absolute Gasteiger partial charge is 0.127 e. The van der Waals surface area contributed by atoms with Gasteiger partial charge in [0, 0.05) is 17.2 Å². The minimum atomic E-state index is -0.0365. The zero-order chi connectivity index (χ0) is 14.0. The maximum absolute atomic E-state index is 10.3. The quantitative estimate of drug-likeness (QED) is 0.788. The van der Waals surface area contributed by atoms with E-state index in [1.54, 1.807) is 6.07 Å². The lowest BCUT2D eigenvalue weighted by molar-refractivity contribution is 0.449. The first-order valence-electron chi connectivity index (χ1n) is 6.43. The van der Waals surface area contributed by atoms with Crippen molar-refractivity contribution in [1.82, 2.24) is 0 Å². The van der Waals surface area contributed by atoms with Crippen LogP contribution in [-0.2, 0) is 12.8 Å². The second-order valence-corrected chi connectivity index (χ2v) is 4.56. The number of rotatable bonds is 3. The van der Waals surface area contributed by atoms with Gasteiger partial charge in [0.2, 0.25) is 0 Å². The molecule has 0 aliphatic carbocycles. The molecule has 3 nitrogen and oxygen atoms in total. The standard InChI is InChI=1S/C16H18O3/c1-3-10-7-11(4-2)16(19)14(8-10)13-6-5-12(17)9-15(13)18/h5-9,17-19H,3-4H2,1-2H3. The molecule has 19 heavy (non-hydrogen) atoms. The molecule has 0 spiro atoms. The molecule has 0 radical (unpaired) electrons. The number of aromatic hydroxyl groups is 3. The Balaban J connectivity index is 2.66. The van der Waals surface area contributed by atoms with E-state index >= 15 is 0 Å². The summed E-state index contributed by atoms with van der Waals surface area (Å²) >= 11 is 0. The van der Waals surface area contributed by atoms with Crippen LogP contribution >= 0.6 is 0 Å². The van der Waals surface area contributed by atoms with E-state index in [0.717, 1.165) is 24.0 Å². The Morgan fingerprint density at radius 2 is 1.58 bits per heavy atom. The maximum Gasteiger partial charge on any atom is 0.127 e. The molecule has 0 bridgehead atoms. The van der Waals surface area contributed by atoms with Crippen LogP contribution in [0.15, 0.2) is 30.3 Å². The molecule has 2 aromatic carbocycles. The van der Waals surface area contributed by atoms with Gasteiger partial charge in [0.1, 0.15) is 17.2 Å². The highest BCUT2D eigenvalue weighted by Gasteiger charge is 2.13. The van der Waals surface area contributed by atoms with Crippen molar-refractivity contribution in [2.75, 3.05) is 0 Å². The van der Waals surface area contributed by atoms with E-state index in [2.05, 4.69) is 0 Å². The van der Waals surface area contributed by atoms with E-state index < -0.39 is 0 Å². The Hall–Kier alpha value is -2.16. The van der Waals surface area contributed by atoms with Gasteiger partial charge in [-0.2, -0.15) is 0 Å². The summed E-state index contributed by atoms with van der Waals surface area (Å²) in [5.74, 6) is 0.161. The predicted octanol–water partition coefficient (Wildman–Crippen LogP) is 3.60. The van der Waals surface area contributed by atoms with Gasteiger partial charge in [0.05, 0.1) is 0 Å². The van der Waals surface area contributed by atoms with Crippen LogP contribution in [0.5, 0.6) is 17.2 Å². The van der Waals surface area contributed by atoms with E-state index in [4.69, 9.17) is 0 Å². The van der Waals surface area contributed by atoms with Crippen molar-refractivity contribution in [3.05, 3.63) is 41.5 Å². The van der Waals surface area contributed by atoms with Gasteiger partial charge in [0.25, 0.3) is 0 Å². The number of hydrogen-bond acceptors (Lipinski definition) is 3. The molecule has 0 aliphatic rings. The third-order valence-corrected chi connectivity index (χ3v) is 3.31. The second-order valence-electron chi connectivity index (χ2n) is 4.56. The van der Waals surface area contributed by atoms with Crippen LogP contribution in [-0.4, -0.2) is 15.3 Å². The number of phenols is 3. The van der Waals surface area contributed by atoms with Gasteiger partial charge < -0.3 is 15.3 Å². The fourth-order valence-corrected chi connectivity index (χ4v) is 2.19. The zero-order valence-corrected chi connectivity index (χ0v) is 11.1. The van der Waals surface area contributed by atoms with Crippen molar-refractivity contribution in [3.63, 3.8) is 0 Å². The highest BCUT2D eigenvalue weighted by molar-refractivity contribution is 5.77. The minimum Gasteiger partial charge on any atom is -0.508 e. The SMILES string of the molecule is CCc1cc(CC)c(O)c(-c2ccc(O)cc2O)c1. The van der Waals surface area contributed by atoms with E-state index in [1.165, 1.54) is 12.1 Å². The van der Waals surface area contributed by atoms with Gasteiger partial charge in [-0.1, -0.05) is 19.9 Å². The summed E-state index contributed by atoms with van der Waals surface area (Å²) in [5, 5.41) is 29.5. The first kappa shape index (κ1) is 13.3. The summed E-state index contributed by atoms with van der Waals surface area (Å²) in [7, 11) is 0. The van der Waals surface area contributed by atoms with Crippen LogP contribution in [0.2, 0.25) is 0 Å². The molecule has 0 atom stereocenters. The van der Waals surface area contributed by atoms with Crippen molar-refractivity contribution in [2.24, 2.45) is 0 Å². The van der Waals surface area contributed by atoms with Gasteiger partial charge >= 0.3 is 0 Å². The molecule has 3 heteroatoms. The van der Waals surface area contributed by atoms with Gasteiger partial charge in [-0.3, -0.25) is 0 Å². The normalized spacial score (nSPS) is 10.6. The number of aryl methyl sites for hydroxylation is 2. The van der Waals surface area contributed by atoms with Gasteiger partial charge in [-0.25, -0.2) is 0 Å². The first-order chi connectivity index (χ1) is 9.06. The fourth-order valence-electron chi connectivity index (χ4n) is 2.19. The van der Waals surface area contributed by atoms with Crippen molar-refractivity contribution in [1.29, 1.82) is 0 Å². The fraction of sp³-hybridized carbons (Fsp3) is 0.250. The summed E-state index contributed by atoms with van der Waals surface area (Å²) in [4.78, 5) is 0. The Kier molecular flexibility index (Phi) is 3.65. The Labute approximate surface area is 112 Å². The number of phenolic OH excluding ortho intramolecular Hbond substituents is 3. The lowest BCUT2D eigenvalue weighted by atomic mass is 9.95. The Morgan fingerprint density at radius 1 is 0.842 bits per heavy atom. The van der Waals surface area contributed by atoms with Crippen molar-refractivity contribution in [2.45, 2.75) is 26.7 Å². The monoisotopic (exact) mass is 258 g/mol. The molecule has 100 valence electrons. The van der Waals surface area contributed by atoms with Crippen LogP contribution in [0.25, 0.3) is 11.1 Å². The third-order valence-electron chi connectivity index (χ3n) is 3.31. The zero-order valence-electron chi connectivity index (χ0n) is 11.1. The van der Waals surface area contributed by atoms with Crippen LogP contribution in [0.1, 0.15) is 25.0 Å². The minimum absolute atomic E-state index is 0.00287. The van der Waals surface area contributed by atoms with Crippen LogP contribution in [0.3, 0.4) is 0 Å². The lowest BCUT2D eigenvalue weighted by Gasteiger charge is -2.13. The van der Waals surface area contributed by atoms with Gasteiger partial charge in [-0.15, -0.1) is 0 Å². The summed E-state index contributed by atoms with van der Waals surface area (Å²) < 4.78 is 0. The molecule has 0 unspecified atom stereocenters. The molecule has 0 saturated heterocycles. The molecule has 2 aromatic rings. The average Bonchev–Trinajstić information content (AvgIpc) is 2.40. The molecule has 0 heterocycles. The maximum atomic E-state index is 10.3. The van der Waals surface area contributed by atoms with E-state index in [-0.39, 0.29) is 17.2 Å². The van der Waals surface area contributed by atoms with E-state index in [9.17, 15) is 15.3 Å². The molecular formula is C16H18O3. The lowest BCUT2D eigenvalue weighted by Crippen LogP contribution is -1.91. The molecular weight excluding hydrogens is 240 g/mol. The Morgan fingerprint density at radius 3 is 2.16 bits per heavy atom. The molecule has 2 rings (SSSR count). The van der Waals surface area contributed by atoms with Crippen LogP contribution in [0.4, 0.5) is 0 Å². The van der Waals surface area contributed by atoms with Crippen LogP contribution < -0.4 is 0 Å². The number of hydrogen-bond donors (Lipinski definition) is 3. The molecule has 0 saturated carbocycles. The third kappa shape index (κ3) is 2.50. The summed E-state index contributed by atoms with van der Waals surface area (Å²) in [6.45, 7) is 4.03.